The fourth-order valence-electron chi connectivity index (χ4n) is 2.95. The summed E-state index contributed by atoms with van der Waals surface area (Å²) in [6.45, 7) is 4.90. The normalized spacial score (nSPS) is 15.1. The summed E-state index contributed by atoms with van der Waals surface area (Å²) in [5, 5.41) is 23.5. The Labute approximate surface area is 170 Å². The zero-order valence-corrected chi connectivity index (χ0v) is 16.5. The third-order valence-corrected chi connectivity index (χ3v) is 4.79. The highest BCUT2D eigenvalue weighted by Crippen LogP contribution is 2.18. The molecule has 158 valence electrons. The Morgan fingerprint density at radius 3 is 2.83 bits per heavy atom. The van der Waals surface area contributed by atoms with Gasteiger partial charge in [-0.3, -0.25) is 14.4 Å². The van der Waals surface area contributed by atoms with Gasteiger partial charge in [0.25, 0.3) is 5.91 Å². The van der Waals surface area contributed by atoms with E-state index in [4.69, 9.17) is 10.5 Å². The van der Waals surface area contributed by atoms with Crippen LogP contribution in [0.3, 0.4) is 0 Å². The molecule has 1 aliphatic heterocycles. The molecule has 1 aliphatic rings. The fourth-order valence-corrected chi connectivity index (χ4v) is 2.95. The minimum atomic E-state index is -0.516. The fraction of sp³-hybridized carbons (Fsp3) is 0.438. The quantitative estimate of drug-likeness (QED) is 0.371. The summed E-state index contributed by atoms with van der Waals surface area (Å²) in [5.74, 6) is -0.309. The number of nitrogens with zero attached hydrogens (tertiary/aromatic N) is 9. The predicted molar refractivity (Wildman–Crippen MR) is 103 cm³/mol. The second kappa shape index (κ2) is 8.38. The molecule has 0 atom stereocenters. The van der Waals surface area contributed by atoms with E-state index in [9.17, 15) is 4.79 Å². The molecule has 1 saturated heterocycles. The van der Waals surface area contributed by atoms with Crippen molar-refractivity contribution in [1.82, 2.24) is 45.4 Å². The summed E-state index contributed by atoms with van der Waals surface area (Å²) < 4.78 is 13.1. The molecule has 0 spiro atoms. The van der Waals surface area contributed by atoms with Gasteiger partial charge in [-0.1, -0.05) is 5.21 Å². The van der Waals surface area contributed by atoms with Crippen molar-refractivity contribution in [2.24, 2.45) is 12.1 Å². The van der Waals surface area contributed by atoms with Crippen molar-refractivity contribution in [3.05, 3.63) is 28.8 Å². The number of morpholine rings is 1. The second-order valence-corrected chi connectivity index (χ2v) is 6.67. The lowest BCUT2D eigenvalue weighted by atomic mass is 10.2. The van der Waals surface area contributed by atoms with E-state index < -0.39 is 5.91 Å². The molecule has 14 nitrogen and oxygen atoms in total. The highest BCUT2D eigenvalue weighted by atomic mass is 16.6. The molecule has 0 aliphatic carbocycles. The molecule has 0 unspecified atom stereocenters. The summed E-state index contributed by atoms with van der Waals surface area (Å²) in [6.07, 6.45) is 3.18. The Morgan fingerprint density at radius 1 is 1.37 bits per heavy atom. The number of amides is 1. The maximum absolute atomic E-state index is 12.8. The van der Waals surface area contributed by atoms with E-state index in [2.05, 4.69) is 45.8 Å². The summed E-state index contributed by atoms with van der Waals surface area (Å²) in [4.78, 5) is 14.9. The molecule has 0 bridgehead atoms. The molecule has 1 fully saturated rings. The van der Waals surface area contributed by atoms with Crippen LogP contribution in [0, 0.1) is 6.92 Å². The second-order valence-electron chi connectivity index (χ2n) is 6.67. The summed E-state index contributed by atoms with van der Waals surface area (Å²) in [6, 6.07) is 0. The molecule has 30 heavy (non-hydrogen) atoms. The third-order valence-electron chi connectivity index (χ3n) is 4.79. The molecule has 4 rings (SSSR count). The van der Waals surface area contributed by atoms with Gasteiger partial charge in [0.1, 0.15) is 0 Å². The number of hydrogen-bond acceptors (Lipinski definition) is 11. The van der Waals surface area contributed by atoms with Gasteiger partial charge < -0.3 is 10.5 Å². The van der Waals surface area contributed by atoms with Crippen molar-refractivity contribution in [2.45, 2.75) is 13.5 Å². The van der Waals surface area contributed by atoms with Gasteiger partial charge in [-0.25, -0.2) is 10.1 Å². The standard InChI is InChI=1S/C16H21N11O3/c1-10-11(8-19-25(10)2)7-18-21-16(28)13-12(9-26-3-5-29-6-4-26)27(24-20-13)15-14(17)22-30-23-15/h7-8H,3-6,9H2,1-2H3,(H2,17,22)(H,21,28). The van der Waals surface area contributed by atoms with Crippen LogP contribution in [0.15, 0.2) is 15.9 Å². The first-order valence-electron chi connectivity index (χ1n) is 9.19. The lowest BCUT2D eigenvalue weighted by Gasteiger charge is -2.26. The third kappa shape index (κ3) is 3.90. The number of nitrogens with two attached hydrogens (primary N) is 1. The van der Waals surface area contributed by atoms with Crippen LogP contribution in [-0.2, 0) is 18.3 Å². The van der Waals surface area contributed by atoms with Gasteiger partial charge in [-0.05, 0) is 17.2 Å². The van der Waals surface area contributed by atoms with E-state index >= 15 is 0 Å². The van der Waals surface area contributed by atoms with Gasteiger partial charge in [0, 0.05) is 37.9 Å². The molecule has 1 amide bonds. The number of aryl methyl sites for hydroxylation is 1. The molecule has 0 saturated carbocycles. The molecule has 14 heteroatoms. The zero-order chi connectivity index (χ0) is 21.1. The largest absolute Gasteiger partial charge is 0.379 e. The molecule has 3 aromatic heterocycles. The number of ether oxygens (including phenoxy) is 1. The molecular weight excluding hydrogens is 394 g/mol. The minimum absolute atomic E-state index is 0.0418. The molecule has 3 N–H and O–H groups in total. The number of nitrogens with one attached hydrogen (secondary N) is 1. The zero-order valence-electron chi connectivity index (χ0n) is 16.5. The van der Waals surface area contributed by atoms with Gasteiger partial charge >= 0.3 is 0 Å². The van der Waals surface area contributed by atoms with Gasteiger partial charge in [0.05, 0.1) is 31.3 Å². The van der Waals surface area contributed by atoms with Gasteiger partial charge in [0.2, 0.25) is 11.6 Å². The number of hydrazone groups is 1. The van der Waals surface area contributed by atoms with Crippen LogP contribution in [0.25, 0.3) is 5.82 Å². The van der Waals surface area contributed by atoms with Gasteiger partial charge in [0.15, 0.2) is 5.69 Å². The van der Waals surface area contributed by atoms with Crippen molar-refractivity contribution < 1.29 is 14.2 Å². The van der Waals surface area contributed by atoms with Crippen molar-refractivity contribution in [2.75, 3.05) is 32.0 Å². The maximum atomic E-state index is 12.8. The number of aromatic nitrogens is 7. The highest BCUT2D eigenvalue weighted by Gasteiger charge is 2.26. The average molecular weight is 415 g/mol. The number of carbonyl (C=O) groups excluding carboxylic acids is 1. The predicted octanol–water partition coefficient (Wildman–Crippen LogP) is -1.13. The Morgan fingerprint density at radius 2 is 2.17 bits per heavy atom. The van der Waals surface area contributed by atoms with E-state index in [1.165, 1.54) is 10.9 Å². The summed E-state index contributed by atoms with van der Waals surface area (Å²) in [7, 11) is 1.83. The van der Waals surface area contributed by atoms with Crippen LogP contribution in [0.5, 0.6) is 0 Å². The number of anilines is 1. The first-order valence-corrected chi connectivity index (χ1v) is 9.19. The topological polar surface area (TPSA) is 167 Å². The van der Waals surface area contributed by atoms with Crippen LogP contribution in [0.4, 0.5) is 5.82 Å². The molecule has 4 heterocycles. The van der Waals surface area contributed by atoms with Crippen LogP contribution < -0.4 is 11.2 Å². The van der Waals surface area contributed by atoms with Crippen molar-refractivity contribution in [3.63, 3.8) is 0 Å². The van der Waals surface area contributed by atoms with Crippen LogP contribution in [0.2, 0.25) is 0 Å². The molecule has 0 radical (unpaired) electrons. The smallest absolute Gasteiger partial charge is 0.293 e. The lowest BCUT2D eigenvalue weighted by molar-refractivity contribution is 0.0332. The van der Waals surface area contributed by atoms with E-state index in [1.54, 1.807) is 10.9 Å². The Kier molecular flexibility index (Phi) is 5.49. The minimum Gasteiger partial charge on any atom is -0.379 e. The van der Waals surface area contributed by atoms with Crippen LogP contribution in [-0.4, -0.2) is 78.4 Å². The van der Waals surface area contributed by atoms with Crippen molar-refractivity contribution in [1.29, 1.82) is 0 Å². The number of carbonyl (C=O) groups is 1. The Hall–Kier alpha value is -3.65. The Balaban J connectivity index is 1.58. The van der Waals surface area contributed by atoms with E-state index in [-0.39, 0.29) is 17.3 Å². The van der Waals surface area contributed by atoms with Gasteiger partial charge in [-0.15, -0.1) is 5.10 Å². The Bertz CT molecular complexity index is 1060. The monoisotopic (exact) mass is 415 g/mol. The highest BCUT2D eigenvalue weighted by molar-refractivity contribution is 5.94. The van der Waals surface area contributed by atoms with Gasteiger partial charge in [-0.2, -0.15) is 14.9 Å². The first-order chi connectivity index (χ1) is 14.5. The van der Waals surface area contributed by atoms with Crippen molar-refractivity contribution in [3.8, 4) is 5.82 Å². The molecule has 3 aromatic rings. The number of nitrogen functional groups attached to an aromatic ring is 1. The number of hydrogen-bond donors (Lipinski definition) is 2. The number of rotatable bonds is 6. The van der Waals surface area contributed by atoms with E-state index in [1.807, 2.05) is 14.0 Å². The summed E-state index contributed by atoms with van der Waals surface area (Å²) >= 11 is 0. The van der Waals surface area contributed by atoms with Crippen LogP contribution in [0.1, 0.15) is 27.4 Å². The molecule has 0 aromatic carbocycles. The maximum Gasteiger partial charge on any atom is 0.293 e. The SMILES string of the molecule is Cc1c(C=NNC(=O)c2nnn(-c3nonc3N)c2CN2CCOCC2)cnn1C. The van der Waals surface area contributed by atoms with Crippen molar-refractivity contribution >= 4 is 17.9 Å². The van der Waals surface area contributed by atoms with Crippen LogP contribution >= 0.6 is 0 Å². The van der Waals surface area contributed by atoms with E-state index in [0.29, 0.717) is 38.5 Å². The average Bonchev–Trinajstić information content (AvgIpc) is 3.43. The first kappa shape index (κ1) is 19.7. The van der Waals surface area contributed by atoms with E-state index in [0.717, 1.165) is 11.3 Å². The molecular formula is C16H21N11O3. The lowest BCUT2D eigenvalue weighted by Crippen LogP contribution is -2.37. The summed E-state index contributed by atoms with van der Waals surface area (Å²) in [5.41, 5.74) is 10.6.